The Morgan fingerprint density at radius 3 is 2.41 bits per heavy atom. The lowest BCUT2D eigenvalue weighted by Crippen LogP contribution is -2.20. The zero-order valence-electron chi connectivity index (χ0n) is 21.0. The Morgan fingerprint density at radius 2 is 1.57 bits per heavy atom. The van der Waals surface area contributed by atoms with Gasteiger partial charge in [0.05, 0.1) is 17.8 Å². The summed E-state index contributed by atoms with van der Waals surface area (Å²) >= 11 is 0. The molecule has 4 nitrogen and oxygen atoms in total. The average Bonchev–Trinajstić information content (AvgIpc) is 3.41. The lowest BCUT2D eigenvalue weighted by Gasteiger charge is -2.16. The van der Waals surface area contributed by atoms with Crippen LogP contribution >= 0.6 is 0 Å². The average molecular weight is 485 g/mol. The quantitative estimate of drug-likeness (QED) is 0.233. The summed E-state index contributed by atoms with van der Waals surface area (Å²) in [6.07, 6.45) is 4.16. The topological polar surface area (TPSA) is 34.5 Å². The zero-order valence-corrected chi connectivity index (χ0v) is 21.0. The van der Waals surface area contributed by atoms with E-state index in [1.54, 1.807) is 4.90 Å². The van der Waals surface area contributed by atoms with Crippen LogP contribution in [0.25, 0.3) is 22.6 Å². The lowest BCUT2D eigenvalue weighted by molar-refractivity contribution is -0.112. The van der Waals surface area contributed by atoms with Crippen LogP contribution in [0.1, 0.15) is 22.3 Å². The van der Waals surface area contributed by atoms with E-state index in [9.17, 15) is 4.79 Å². The number of fused-ring (bicyclic) bond motifs is 2. The number of aromatic nitrogens is 1. The van der Waals surface area contributed by atoms with Crippen molar-refractivity contribution in [3.8, 4) is 5.75 Å². The highest BCUT2D eigenvalue weighted by atomic mass is 16.5. The molecule has 0 unspecified atom stereocenters. The van der Waals surface area contributed by atoms with Crippen LogP contribution in [-0.2, 0) is 11.3 Å². The number of benzene rings is 4. The second kappa shape index (κ2) is 9.47. The molecule has 1 amide bonds. The Hall–Kier alpha value is -4.57. The number of amides is 1. The number of carbonyl (C=O) groups is 1. The van der Waals surface area contributed by atoms with Gasteiger partial charge in [0.1, 0.15) is 12.4 Å². The van der Waals surface area contributed by atoms with E-state index in [4.69, 9.17) is 4.74 Å². The predicted molar refractivity (Wildman–Crippen MR) is 151 cm³/mol. The molecule has 0 fully saturated rings. The van der Waals surface area contributed by atoms with Crippen LogP contribution in [0.4, 0.5) is 11.4 Å². The second-order valence-corrected chi connectivity index (χ2v) is 9.44. The van der Waals surface area contributed by atoms with E-state index in [1.165, 1.54) is 11.1 Å². The van der Waals surface area contributed by atoms with Crippen molar-refractivity contribution in [1.29, 1.82) is 0 Å². The smallest absolute Gasteiger partial charge is 0.263 e. The third-order valence-corrected chi connectivity index (χ3v) is 7.08. The number of nitrogens with zero attached hydrogens (tertiary/aromatic N) is 2. The van der Waals surface area contributed by atoms with Gasteiger partial charge < -0.3 is 9.30 Å². The van der Waals surface area contributed by atoms with Crippen LogP contribution in [-0.4, -0.2) is 17.1 Å². The van der Waals surface area contributed by atoms with Crippen molar-refractivity contribution in [3.63, 3.8) is 0 Å². The Labute approximate surface area is 217 Å². The zero-order chi connectivity index (χ0) is 25.4. The summed E-state index contributed by atoms with van der Waals surface area (Å²) < 4.78 is 8.28. The molecule has 182 valence electrons. The molecule has 1 aliphatic heterocycles. The number of hydrogen-bond donors (Lipinski definition) is 0. The molecule has 0 aliphatic carbocycles. The van der Waals surface area contributed by atoms with E-state index in [1.807, 2.05) is 78.9 Å². The summed E-state index contributed by atoms with van der Waals surface area (Å²) in [5.74, 6) is 0.873. The highest BCUT2D eigenvalue weighted by Gasteiger charge is 2.33. The Balaban J connectivity index is 1.34. The van der Waals surface area contributed by atoms with Gasteiger partial charge in [0.15, 0.2) is 0 Å². The molecule has 37 heavy (non-hydrogen) atoms. The maximum absolute atomic E-state index is 13.7. The van der Waals surface area contributed by atoms with Gasteiger partial charge in [-0.05, 0) is 67.4 Å². The molecule has 5 aromatic rings. The summed E-state index contributed by atoms with van der Waals surface area (Å²) in [5, 5.41) is 1.12. The molecule has 0 saturated heterocycles. The molecular formula is C33H28N2O2. The van der Waals surface area contributed by atoms with Crippen LogP contribution in [0.5, 0.6) is 5.75 Å². The van der Waals surface area contributed by atoms with Crippen LogP contribution in [0.15, 0.2) is 103 Å². The van der Waals surface area contributed by atoms with Gasteiger partial charge in [-0.15, -0.1) is 0 Å². The molecule has 4 aromatic carbocycles. The number of ether oxygens (including phenoxy) is 1. The highest BCUT2D eigenvalue weighted by Crippen LogP contribution is 2.42. The fourth-order valence-electron chi connectivity index (χ4n) is 5.01. The highest BCUT2D eigenvalue weighted by molar-refractivity contribution is 6.38. The van der Waals surface area contributed by atoms with Crippen molar-refractivity contribution in [2.75, 3.05) is 11.5 Å². The first-order valence-electron chi connectivity index (χ1n) is 12.6. The maximum Gasteiger partial charge on any atom is 0.263 e. The number of para-hydroxylation sites is 3. The van der Waals surface area contributed by atoms with Crippen molar-refractivity contribution in [2.24, 2.45) is 0 Å². The summed E-state index contributed by atoms with van der Waals surface area (Å²) in [4.78, 5) is 15.5. The summed E-state index contributed by atoms with van der Waals surface area (Å²) in [5.41, 5.74) is 8.07. The molecule has 6 rings (SSSR count). The summed E-state index contributed by atoms with van der Waals surface area (Å²) in [6, 6.07) is 32.3. The van der Waals surface area contributed by atoms with E-state index in [0.29, 0.717) is 18.7 Å². The molecule has 1 aliphatic rings. The number of carbonyl (C=O) groups excluding carboxylic acids is 1. The van der Waals surface area contributed by atoms with Gasteiger partial charge in [0.25, 0.3) is 5.91 Å². The van der Waals surface area contributed by atoms with Gasteiger partial charge in [-0.3, -0.25) is 9.69 Å². The fourth-order valence-corrected chi connectivity index (χ4v) is 5.01. The van der Waals surface area contributed by atoms with Gasteiger partial charge in [-0.1, -0.05) is 60.7 Å². The number of rotatable bonds is 6. The fraction of sp³-hybridized carbons (Fsp3) is 0.121. The molecular weight excluding hydrogens is 456 g/mol. The SMILES string of the molecule is Cc1ccc(OCCn2cc(/C=C3/C(=O)N(c4ccccc4)c4ccccc43)c3ccccc32)cc1C. The van der Waals surface area contributed by atoms with Gasteiger partial charge in [0, 0.05) is 33.9 Å². The molecule has 1 aromatic heterocycles. The van der Waals surface area contributed by atoms with Crippen molar-refractivity contribution >= 4 is 39.8 Å². The van der Waals surface area contributed by atoms with Crippen LogP contribution in [0.3, 0.4) is 0 Å². The minimum absolute atomic E-state index is 0.0118. The number of aryl methyl sites for hydroxylation is 2. The molecule has 0 radical (unpaired) electrons. The van der Waals surface area contributed by atoms with Crippen LogP contribution < -0.4 is 9.64 Å². The monoisotopic (exact) mass is 484 g/mol. The Bertz CT molecular complexity index is 1650. The van der Waals surface area contributed by atoms with Crippen molar-refractivity contribution in [1.82, 2.24) is 4.57 Å². The maximum atomic E-state index is 13.7. The Kier molecular flexibility index (Phi) is 5.85. The van der Waals surface area contributed by atoms with Gasteiger partial charge in [0.2, 0.25) is 0 Å². The lowest BCUT2D eigenvalue weighted by atomic mass is 10.0. The summed E-state index contributed by atoms with van der Waals surface area (Å²) in [7, 11) is 0. The first-order valence-corrected chi connectivity index (χ1v) is 12.6. The van der Waals surface area contributed by atoms with Gasteiger partial charge in [-0.25, -0.2) is 0 Å². The molecule has 2 heterocycles. The van der Waals surface area contributed by atoms with Crippen LogP contribution in [0.2, 0.25) is 0 Å². The molecule has 0 N–H and O–H groups in total. The minimum atomic E-state index is -0.0118. The van der Waals surface area contributed by atoms with E-state index in [2.05, 4.69) is 48.9 Å². The predicted octanol–water partition coefficient (Wildman–Crippen LogP) is 7.56. The van der Waals surface area contributed by atoms with Crippen molar-refractivity contribution in [3.05, 3.63) is 126 Å². The summed E-state index contributed by atoms with van der Waals surface area (Å²) in [6.45, 7) is 5.47. The third-order valence-electron chi connectivity index (χ3n) is 7.08. The second-order valence-electron chi connectivity index (χ2n) is 9.44. The van der Waals surface area contributed by atoms with Crippen LogP contribution in [0, 0.1) is 13.8 Å². The largest absolute Gasteiger partial charge is 0.492 e. The molecule has 0 saturated carbocycles. The standard InChI is InChI=1S/C33H28N2O2/c1-23-16-17-27(20-24(23)2)37-19-18-34-22-25(28-12-6-8-14-31(28)34)21-30-29-13-7-9-15-32(29)35(33(30)36)26-10-4-3-5-11-26/h3-17,20-22H,18-19H2,1-2H3/b30-21+. The molecule has 0 bridgehead atoms. The van der Waals surface area contributed by atoms with E-state index >= 15 is 0 Å². The van der Waals surface area contributed by atoms with Crippen molar-refractivity contribution in [2.45, 2.75) is 20.4 Å². The van der Waals surface area contributed by atoms with E-state index in [0.717, 1.165) is 39.2 Å². The molecule has 0 atom stereocenters. The van der Waals surface area contributed by atoms with Crippen molar-refractivity contribution < 1.29 is 9.53 Å². The molecule has 4 heteroatoms. The number of hydrogen-bond acceptors (Lipinski definition) is 2. The normalized spacial score (nSPS) is 13.9. The minimum Gasteiger partial charge on any atom is -0.492 e. The first kappa shape index (κ1) is 22.9. The first-order chi connectivity index (χ1) is 18.1. The number of anilines is 2. The molecule has 0 spiro atoms. The Morgan fingerprint density at radius 1 is 0.811 bits per heavy atom. The third kappa shape index (κ3) is 4.21. The van der Waals surface area contributed by atoms with E-state index in [-0.39, 0.29) is 5.91 Å². The van der Waals surface area contributed by atoms with Gasteiger partial charge >= 0.3 is 0 Å². The van der Waals surface area contributed by atoms with Gasteiger partial charge in [-0.2, -0.15) is 0 Å². The van der Waals surface area contributed by atoms with E-state index < -0.39 is 0 Å².